The summed E-state index contributed by atoms with van der Waals surface area (Å²) in [6.07, 6.45) is 1.06. The summed E-state index contributed by atoms with van der Waals surface area (Å²) in [5, 5.41) is 3.98. The van der Waals surface area contributed by atoms with Gasteiger partial charge in [-0.2, -0.15) is 0 Å². The van der Waals surface area contributed by atoms with Crippen molar-refractivity contribution >= 4 is 54.6 Å². The fraction of sp³-hybridized carbons (Fsp3) is 0.250. The van der Waals surface area contributed by atoms with Crippen molar-refractivity contribution in [3.05, 3.63) is 28.1 Å². The number of benzene rings is 1. The van der Waals surface area contributed by atoms with E-state index in [1.54, 1.807) is 18.2 Å². The molecule has 0 aliphatic carbocycles. The van der Waals surface area contributed by atoms with Crippen molar-refractivity contribution in [2.45, 2.75) is 0 Å². The molecule has 4 N–H and O–H groups in total. The Morgan fingerprint density at radius 2 is 2.10 bits per heavy atom. The number of nitrogen functional groups attached to an aromatic ring is 1. The van der Waals surface area contributed by atoms with E-state index < -0.39 is 10.0 Å². The normalized spacial score (nSPS) is 11.7. The topological polar surface area (TPSA) is 101 Å². The molecule has 2 rings (SSSR count). The molecule has 1 heterocycles. The molecule has 1 aromatic carbocycles. The summed E-state index contributed by atoms with van der Waals surface area (Å²) in [5.74, 6) is -0.333. The van der Waals surface area contributed by atoms with E-state index in [1.165, 1.54) is 11.3 Å². The van der Waals surface area contributed by atoms with E-state index in [0.29, 0.717) is 15.6 Å². The second-order valence-electron chi connectivity index (χ2n) is 4.41. The molecule has 0 bridgehead atoms. The monoisotopic (exact) mass is 347 g/mol. The molecule has 0 saturated carbocycles. The lowest BCUT2D eigenvalue weighted by Gasteiger charge is -2.04. The van der Waals surface area contributed by atoms with Crippen LogP contribution < -0.4 is 15.8 Å². The molecule has 9 heteroatoms. The Hall–Kier alpha value is -1.35. The standard InChI is InChI=1S/C12H14ClN3O3S2/c1-21(18,19)16-5-4-15-12(17)11-10(14)8-3-2-7(13)6-9(8)20-11/h2-3,6,16H,4-5,14H2,1H3,(H,15,17). The van der Waals surface area contributed by atoms with Gasteiger partial charge in [0.25, 0.3) is 5.91 Å². The Bertz CT molecular complexity index is 786. The second-order valence-corrected chi connectivity index (χ2v) is 7.73. The van der Waals surface area contributed by atoms with Crippen LogP contribution in [0.5, 0.6) is 0 Å². The number of rotatable bonds is 5. The van der Waals surface area contributed by atoms with E-state index >= 15 is 0 Å². The third-order valence-electron chi connectivity index (χ3n) is 2.67. The predicted octanol–water partition coefficient (Wildman–Crippen LogP) is 1.42. The van der Waals surface area contributed by atoms with Crippen LogP contribution in [0.25, 0.3) is 10.1 Å². The van der Waals surface area contributed by atoms with Gasteiger partial charge in [0.05, 0.1) is 11.9 Å². The number of sulfonamides is 1. The van der Waals surface area contributed by atoms with Gasteiger partial charge in [0.1, 0.15) is 4.88 Å². The molecule has 114 valence electrons. The summed E-state index contributed by atoms with van der Waals surface area (Å²) >= 11 is 7.15. The fourth-order valence-electron chi connectivity index (χ4n) is 1.75. The summed E-state index contributed by atoms with van der Waals surface area (Å²) in [7, 11) is -3.26. The van der Waals surface area contributed by atoms with Gasteiger partial charge in [-0.3, -0.25) is 4.79 Å². The Morgan fingerprint density at radius 3 is 2.76 bits per heavy atom. The number of anilines is 1. The number of hydrogen-bond acceptors (Lipinski definition) is 5. The van der Waals surface area contributed by atoms with E-state index in [4.69, 9.17) is 17.3 Å². The van der Waals surface area contributed by atoms with E-state index in [0.717, 1.165) is 16.3 Å². The van der Waals surface area contributed by atoms with Gasteiger partial charge in [-0.05, 0) is 18.2 Å². The van der Waals surface area contributed by atoms with Gasteiger partial charge in [0, 0.05) is 28.2 Å². The van der Waals surface area contributed by atoms with Crippen LogP contribution in [0.4, 0.5) is 5.69 Å². The van der Waals surface area contributed by atoms with Gasteiger partial charge < -0.3 is 11.1 Å². The summed E-state index contributed by atoms with van der Waals surface area (Å²) in [6, 6.07) is 5.23. The van der Waals surface area contributed by atoms with Crippen molar-refractivity contribution in [2.24, 2.45) is 0 Å². The summed E-state index contributed by atoms with van der Waals surface area (Å²) in [6.45, 7) is 0.307. The molecular weight excluding hydrogens is 334 g/mol. The number of fused-ring (bicyclic) bond motifs is 1. The highest BCUT2D eigenvalue weighted by atomic mass is 35.5. The molecule has 1 amide bonds. The SMILES string of the molecule is CS(=O)(=O)NCCNC(=O)c1sc2cc(Cl)ccc2c1N. The lowest BCUT2D eigenvalue weighted by atomic mass is 10.2. The summed E-state index contributed by atoms with van der Waals surface area (Å²) in [4.78, 5) is 12.4. The van der Waals surface area contributed by atoms with Crippen LogP contribution in [0.1, 0.15) is 9.67 Å². The van der Waals surface area contributed by atoms with E-state index in [1.807, 2.05) is 0 Å². The number of carbonyl (C=O) groups excluding carboxylic acids is 1. The van der Waals surface area contributed by atoms with Crippen LogP contribution in [0.3, 0.4) is 0 Å². The molecule has 0 radical (unpaired) electrons. The highest BCUT2D eigenvalue weighted by Gasteiger charge is 2.16. The van der Waals surface area contributed by atoms with Crippen molar-refractivity contribution < 1.29 is 13.2 Å². The maximum Gasteiger partial charge on any atom is 0.263 e. The Morgan fingerprint density at radius 1 is 1.38 bits per heavy atom. The van der Waals surface area contributed by atoms with E-state index in [2.05, 4.69) is 10.0 Å². The summed E-state index contributed by atoms with van der Waals surface area (Å²) < 4.78 is 24.9. The Labute approximate surface area is 131 Å². The predicted molar refractivity (Wildman–Crippen MR) is 86.4 cm³/mol. The van der Waals surface area contributed by atoms with Crippen LogP contribution >= 0.6 is 22.9 Å². The lowest BCUT2D eigenvalue weighted by molar-refractivity contribution is 0.0959. The number of halogens is 1. The maximum atomic E-state index is 12.1. The van der Waals surface area contributed by atoms with Gasteiger partial charge in [0.2, 0.25) is 10.0 Å². The minimum absolute atomic E-state index is 0.126. The third-order valence-corrected chi connectivity index (χ3v) is 4.80. The smallest absolute Gasteiger partial charge is 0.263 e. The van der Waals surface area contributed by atoms with Crippen molar-refractivity contribution in [2.75, 3.05) is 25.1 Å². The van der Waals surface area contributed by atoms with Gasteiger partial charge >= 0.3 is 0 Å². The van der Waals surface area contributed by atoms with Crippen molar-refractivity contribution in [1.29, 1.82) is 0 Å². The molecule has 0 spiro atoms. The van der Waals surface area contributed by atoms with Crippen LogP contribution in [0, 0.1) is 0 Å². The van der Waals surface area contributed by atoms with E-state index in [-0.39, 0.29) is 19.0 Å². The maximum absolute atomic E-state index is 12.1. The van der Waals surface area contributed by atoms with Crippen molar-refractivity contribution in [3.63, 3.8) is 0 Å². The first-order valence-electron chi connectivity index (χ1n) is 5.98. The minimum atomic E-state index is -3.26. The average molecular weight is 348 g/mol. The zero-order valence-corrected chi connectivity index (χ0v) is 13.5. The molecule has 0 saturated heterocycles. The second kappa shape index (κ2) is 6.18. The first-order valence-corrected chi connectivity index (χ1v) is 9.07. The highest BCUT2D eigenvalue weighted by molar-refractivity contribution is 7.88. The number of nitrogens with one attached hydrogen (secondary N) is 2. The molecule has 6 nitrogen and oxygen atoms in total. The van der Waals surface area contributed by atoms with Crippen LogP contribution in [0.2, 0.25) is 5.02 Å². The van der Waals surface area contributed by atoms with Crippen molar-refractivity contribution in [1.82, 2.24) is 10.0 Å². The quantitative estimate of drug-likeness (QED) is 0.712. The fourth-order valence-corrected chi connectivity index (χ4v) is 3.54. The lowest BCUT2D eigenvalue weighted by Crippen LogP contribution is -2.34. The Balaban J connectivity index is 2.07. The van der Waals surface area contributed by atoms with Gasteiger partial charge in [-0.1, -0.05) is 11.6 Å². The molecule has 0 atom stereocenters. The van der Waals surface area contributed by atoms with Gasteiger partial charge in [0.15, 0.2) is 0 Å². The zero-order chi connectivity index (χ0) is 15.6. The zero-order valence-electron chi connectivity index (χ0n) is 11.1. The summed E-state index contributed by atoms with van der Waals surface area (Å²) in [5.41, 5.74) is 6.36. The first-order chi connectivity index (χ1) is 9.78. The largest absolute Gasteiger partial charge is 0.397 e. The van der Waals surface area contributed by atoms with Crippen LogP contribution in [0.15, 0.2) is 18.2 Å². The molecular formula is C12H14ClN3O3S2. The minimum Gasteiger partial charge on any atom is -0.397 e. The number of amides is 1. The van der Waals surface area contributed by atoms with Crippen molar-refractivity contribution in [3.8, 4) is 0 Å². The molecule has 0 fully saturated rings. The highest BCUT2D eigenvalue weighted by Crippen LogP contribution is 2.34. The van der Waals surface area contributed by atoms with Crippen LogP contribution in [-0.2, 0) is 10.0 Å². The number of carbonyl (C=O) groups is 1. The molecule has 0 unspecified atom stereocenters. The molecule has 0 aliphatic heterocycles. The average Bonchev–Trinajstić information content (AvgIpc) is 2.70. The van der Waals surface area contributed by atoms with Gasteiger partial charge in [-0.25, -0.2) is 13.1 Å². The van der Waals surface area contributed by atoms with Gasteiger partial charge in [-0.15, -0.1) is 11.3 Å². The molecule has 2 aromatic rings. The third kappa shape index (κ3) is 4.07. The first kappa shape index (κ1) is 16.0. The molecule has 0 aliphatic rings. The molecule has 21 heavy (non-hydrogen) atoms. The number of hydrogen-bond donors (Lipinski definition) is 3. The van der Waals surface area contributed by atoms with Crippen LogP contribution in [-0.4, -0.2) is 33.7 Å². The molecule has 1 aromatic heterocycles. The Kier molecular flexibility index (Phi) is 4.72. The van der Waals surface area contributed by atoms with E-state index in [9.17, 15) is 13.2 Å². The number of nitrogens with two attached hydrogens (primary N) is 1. The number of thiophene rings is 1.